The molecular formula is C26H35FN4O2. The van der Waals surface area contributed by atoms with E-state index in [9.17, 15) is 9.18 Å². The first-order valence-electron chi connectivity index (χ1n) is 11.9. The van der Waals surface area contributed by atoms with E-state index < -0.39 is 0 Å². The zero-order chi connectivity index (χ0) is 23.2. The van der Waals surface area contributed by atoms with Gasteiger partial charge < -0.3 is 20.3 Å². The molecule has 33 heavy (non-hydrogen) atoms. The largest absolute Gasteiger partial charge is 0.494 e. The Bertz CT molecular complexity index is 928. The molecule has 4 rings (SSSR count). The van der Waals surface area contributed by atoms with E-state index in [-0.39, 0.29) is 23.5 Å². The number of halogens is 1. The first-order valence-corrected chi connectivity index (χ1v) is 11.9. The molecule has 2 saturated heterocycles. The van der Waals surface area contributed by atoms with Crippen LogP contribution in [0.4, 0.5) is 10.1 Å². The maximum absolute atomic E-state index is 13.6. The van der Waals surface area contributed by atoms with Gasteiger partial charge in [0.2, 0.25) is 5.91 Å². The lowest BCUT2D eigenvalue weighted by molar-refractivity contribution is -0.131. The molecular weight excluding hydrogens is 419 g/mol. The smallest absolute Gasteiger partial charge is 0.226 e. The first kappa shape index (κ1) is 23.5. The highest BCUT2D eigenvalue weighted by Gasteiger charge is 2.23. The summed E-state index contributed by atoms with van der Waals surface area (Å²) < 4.78 is 18.7. The Morgan fingerprint density at radius 1 is 1.12 bits per heavy atom. The molecule has 2 aliphatic rings. The number of nitrogens with zero attached hydrogens (tertiary/aromatic N) is 2. The van der Waals surface area contributed by atoms with Gasteiger partial charge in [0.25, 0.3) is 0 Å². The Labute approximate surface area is 196 Å². The SMILES string of the molecule is COc1cc(NC2CCN(C(=O)Cc3ccc(CN4CCN[C@@H](C)C4)cc3)CC2)ccc1F. The lowest BCUT2D eigenvalue weighted by Gasteiger charge is -2.33. The number of hydrogen-bond acceptors (Lipinski definition) is 5. The minimum Gasteiger partial charge on any atom is -0.494 e. The molecule has 2 aromatic rings. The molecule has 0 spiro atoms. The number of methoxy groups -OCH3 is 1. The molecule has 0 unspecified atom stereocenters. The third-order valence-electron chi connectivity index (χ3n) is 6.61. The Balaban J connectivity index is 1.23. The minimum atomic E-state index is -0.366. The average molecular weight is 455 g/mol. The molecule has 0 saturated carbocycles. The number of anilines is 1. The number of amides is 1. The zero-order valence-electron chi connectivity index (χ0n) is 19.6. The van der Waals surface area contributed by atoms with Crippen LogP contribution in [-0.4, -0.2) is 67.6 Å². The maximum Gasteiger partial charge on any atom is 0.226 e. The number of rotatable bonds is 7. The van der Waals surface area contributed by atoms with Gasteiger partial charge in [0, 0.05) is 63.1 Å². The van der Waals surface area contributed by atoms with E-state index in [2.05, 4.69) is 46.7 Å². The summed E-state index contributed by atoms with van der Waals surface area (Å²) in [6, 6.07) is 14.1. The normalized spacial score (nSPS) is 20.0. The molecule has 178 valence electrons. The Kier molecular flexibility index (Phi) is 7.83. The molecule has 1 amide bonds. The average Bonchev–Trinajstić information content (AvgIpc) is 2.82. The van der Waals surface area contributed by atoms with Crippen molar-refractivity contribution >= 4 is 11.6 Å². The van der Waals surface area contributed by atoms with Crippen LogP contribution < -0.4 is 15.4 Å². The Hall–Kier alpha value is -2.64. The molecule has 2 aliphatic heterocycles. The second-order valence-corrected chi connectivity index (χ2v) is 9.23. The molecule has 2 heterocycles. The van der Waals surface area contributed by atoms with E-state index in [1.165, 1.54) is 18.7 Å². The summed E-state index contributed by atoms with van der Waals surface area (Å²) in [6.07, 6.45) is 2.18. The topological polar surface area (TPSA) is 56.8 Å². The summed E-state index contributed by atoms with van der Waals surface area (Å²) in [5, 5.41) is 6.92. The number of ether oxygens (including phenoxy) is 1. The molecule has 2 N–H and O–H groups in total. The number of piperidine rings is 1. The second kappa shape index (κ2) is 11.0. The van der Waals surface area contributed by atoms with Gasteiger partial charge in [-0.2, -0.15) is 0 Å². The lowest BCUT2D eigenvalue weighted by atomic mass is 10.0. The predicted octanol–water partition coefficient (Wildman–Crippen LogP) is 3.27. The number of nitrogens with one attached hydrogen (secondary N) is 2. The monoisotopic (exact) mass is 454 g/mol. The fourth-order valence-electron chi connectivity index (χ4n) is 4.72. The minimum absolute atomic E-state index is 0.181. The quantitative estimate of drug-likeness (QED) is 0.673. The summed E-state index contributed by atoms with van der Waals surface area (Å²) >= 11 is 0. The number of likely N-dealkylation sites (tertiary alicyclic amines) is 1. The van der Waals surface area contributed by atoms with Gasteiger partial charge in [0.1, 0.15) is 0 Å². The van der Waals surface area contributed by atoms with Crippen molar-refractivity contribution in [3.8, 4) is 5.75 Å². The van der Waals surface area contributed by atoms with Gasteiger partial charge in [-0.25, -0.2) is 4.39 Å². The van der Waals surface area contributed by atoms with Gasteiger partial charge in [-0.15, -0.1) is 0 Å². The van der Waals surface area contributed by atoms with E-state index in [0.29, 0.717) is 12.5 Å². The van der Waals surface area contributed by atoms with Crippen LogP contribution in [0.5, 0.6) is 5.75 Å². The van der Waals surface area contributed by atoms with Crippen molar-refractivity contribution in [2.45, 2.75) is 44.8 Å². The van der Waals surface area contributed by atoms with Crippen LogP contribution in [-0.2, 0) is 17.8 Å². The van der Waals surface area contributed by atoms with Crippen LogP contribution in [0.15, 0.2) is 42.5 Å². The van der Waals surface area contributed by atoms with Crippen molar-refractivity contribution in [1.82, 2.24) is 15.1 Å². The van der Waals surface area contributed by atoms with Gasteiger partial charge in [0.15, 0.2) is 11.6 Å². The van der Waals surface area contributed by atoms with Gasteiger partial charge in [0.05, 0.1) is 13.5 Å². The summed E-state index contributed by atoms with van der Waals surface area (Å²) in [4.78, 5) is 17.3. The molecule has 0 bridgehead atoms. The van der Waals surface area contributed by atoms with E-state index in [1.54, 1.807) is 12.1 Å². The van der Waals surface area contributed by atoms with E-state index in [4.69, 9.17) is 4.74 Å². The lowest BCUT2D eigenvalue weighted by Crippen LogP contribution is -2.48. The molecule has 0 aliphatic carbocycles. The van der Waals surface area contributed by atoms with Crippen LogP contribution in [0.2, 0.25) is 0 Å². The zero-order valence-corrected chi connectivity index (χ0v) is 19.6. The first-order chi connectivity index (χ1) is 16.0. The highest BCUT2D eigenvalue weighted by Crippen LogP contribution is 2.24. The molecule has 1 atom stereocenters. The van der Waals surface area contributed by atoms with Gasteiger partial charge in [-0.05, 0) is 43.0 Å². The standard InChI is InChI=1S/C26H35FN4O2/c1-19-17-30(14-11-28-19)18-21-5-3-20(4-6-21)15-26(32)31-12-9-22(10-13-31)29-23-7-8-24(27)25(16-23)33-2/h3-8,16,19,22,28-29H,9-15,17-18H2,1-2H3/t19-/m0/s1. The summed E-state index contributed by atoms with van der Waals surface area (Å²) in [5.74, 6) is 0.0524. The maximum atomic E-state index is 13.6. The third-order valence-corrected chi connectivity index (χ3v) is 6.61. The summed E-state index contributed by atoms with van der Waals surface area (Å²) in [6.45, 7) is 7.82. The highest BCUT2D eigenvalue weighted by molar-refractivity contribution is 5.79. The van der Waals surface area contributed by atoms with Crippen LogP contribution in [0.3, 0.4) is 0 Å². The molecule has 6 nitrogen and oxygen atoms in total. The van der Waals surface area contributed by atoms with Crippen molar-refractivity contribution in [3.63, 3.8) is 0 Å². The number of carbonyl (C=O) groups is 1. The van der Waals surface area contributed by atoms with Gasteiger partial charge in [-0.1, -0.05) is 24.3 Å². The van der Waals surface area contributed by atoms with Crippen molar-refractivity contribution in [1.29, 1.82) is 0 Å². The molecule has 2 aromatic carbocycles. The fourth-order valence-corrected chi connectivity index (χ4v) is 4.72. The summed E-state index contributed by atoms with van der Waals surface area (Å²) in [5.41, 5.74) is 3.20. The van der Waals surface area contributed by atoms with Crippen molar-refractivity contribution < 1.29 is 13.9 Å². The van der Waals surface area contributed by atoms with E-state index >= 15 is 0 Å². The number of benzene rings is 2. The van der Waals surface area contributed by atoms with Crippen molar-refractivity contribution in [2.24, 2.45) is 0 Å². The van der Waals surface area contributed by atoms with Gasteiger partial charge in [-0.3, -0.25) is 9.69 Å². The molecule has 2 fully saturated rings. The van der Waals surface area contributed by atoms with Crippen molar-refractivity contribution in [3.05, 3.63) is 59.4 Å². The van der Waals surface area contributed by atoms with Crippen LogP contribution >= 0.6 is 0 Å². The van der Waals surface area contributed by atoms with E-state index in [0.717, 1.165) is 63.4 Å². The number of hydrogen-bond donors (Lipinski definition) is 2. The fraction of sp³-hybridized carbons (Fsp3) is 0.500. The third kappa shape index (κ3) is 6.45. The van der Waals surface area contributed by atoms with Crippen molar-refractivity contribution in [2.75, 3.05) is 45.2 Å². The number of carbonyl (C=O) groups excluding carboxylic acids is 1. The second-order valence-electron chi connectivity index (χ2n) is 9.23. The Morgan fingerprint density at radius 3 is 2.55 bits per heavy atom. The molecule has 0 aromatic heterocycles. The van der Waals surface area contributed by atoms with E-state index in [1.807, 2.05) is 4.90 Å². The predicted molar refractivity (Wildman–Crippen MR) is 129 cm³/mol. The molecule has 0 radical (unpaired) electrons. The van der Waals surface area contributed by atoms with Gasteiger partial charge >= 0.3 is 0 Å². The van der Waals surface area contributed by atoms with Crippen LogP contribution in [0.1, 0.15) is 30.9 Å². The van der Waals surface area contributed by atoms with Crippen LogP contribution in [0, 0.1) is 5.82 Å². The highest BCUT2D eigenvalue weighted by atomic mass is 19.1. The molecule has 7 heteroatoms. The summed E-state index contributed by atoms with van der Waals surface area (Å²) in [7, 11) is 1.46. The number of piperazine rings is 1. The van der Waals surface area contributed by atoms with Crippen LogP contribution in [0.25, 0.3) is 0 Å². The Morgan fingerprint density at radius 2 is 1.85 bits per heavy atom.